The molecule has 2 N–H and O–H groups in total. The minimum Gasteiger partial charge on any atom is -0.370 e. The van der Waals surface area contributed by atoms with Crippen molar-refractivity contribution in [3.05, 3.63) is 35.4 Å². The zero-order valence-electron chi connectivity index (χ0n) is 13.6. The van der Waals surface area contributed by atoms with Crippen molar-refractivity contribution in [2.24, 2.45) is 10.7 Å². The summed E-state index contributed by atoms with van der Waals surface area (Å²) < 4.78 is 38.6. The van der Waals surface area contributed by atoms with Crippen LogP contribution in [0.4, 0.5) is 13.2 Å². The topological polar surface area (TPSA) is 44.9 Å². The van der Waals surface area contributed by atoms with E-state index in [1.165, 1.54) is 12.1 Å². The van der Waals surface area contributed by atoms with Gasteiger partial charge in [-0.1, -0.05) is 12.1 Å². The molecule has 1 aliphatic rings. The SMILES string of the molecule is CN(C(N)=NC[C@@H](c1cccc(C(F)(F)F)c1)N(C)C)C1CC1. The molecule has 1 saturated carbocycles. The maximum absolute atomic E-state index is 12.9. The van der Waals surface area contributed by atoms with E-state index in [0.717, 1.165) is 18.9 Å². The number of benzene rings is 1. The molecule has 1 aromatic rings. The van der Waals surface area contributed by atoms with E-state index in [0.29, 0.717) is 24.1 Å². The Balaban J connectivity index is 2.16. The lowest BCUT2D eigenvalue weighted by Crippen LogP contribution is -2.36. The number of likely N-dealkylation sites (N-methyl/N-ethyl adjacent to an activating group) is 1. The van der Waals surface area contributed by atoms with E-state index < -0.39 is 11.7 Å². The lowest BCUT2D eigenvalue weighted by molar-refractivity contribution is -0.137. The maximum atomic E-state index is 12.9. The van der Waals surface area contributed by atoms with E-state index in [-0.39, 0.29) is 6.04 Å². The highest BCUT2D eigenvalue weighted by Crippen LogP contribution is 2.31. The number of halogens is 3. The zero-order valence-corrected chi connectivity index (χ0v) is 13.6. The summed E-state index contributed by atoms with van der Waals surface area (Å²) in [7, 11) is 5.54. The van der Waals surface area contributed by atoms with Crippen molar-refractivity contribution < 1.29 is 13.2 Å². The molecule has 0 saturated heterocycles. The first-order valence-electron chi connectivity index (χ1n) is 7.56. The van der Waals surface area contributed by atoms with Gasteiger partial charge in [0.25, 0.3) is 0 Å². The van der Waals surface area contributed by atoms with E-state index in [1.807, 2.05) is 30.9 Å². The number of nitrogens with zero attached hydrogens (tertiary/aromatic N) is 3. The molecule has 0 amide bonds. The molecule has 0 spiro atoms. The van der Waals surface area contributed by atoms with Gasteiger partial charge >= 0.3 is 6.18 Å². The molecule has 1 aromatic carbocycles. The van der Waals surface area contributed by atoms with Crippen LogP contribution >= 0.6 is 0 Å². The predicted molar refractivity (Wildman–Crippen MR) is 85.1 cm³/mol. The minimum absolute atomic E-state index is 0.261. The van der Waals surface area contributed by atoms with Crippen molar-refractivity contribution in [2.75, 3.05) is 27.7 Å². The number of rotatable bonds is 5. The lowest BCUT2D eigenvalue weighted by atomic mass is 10.0. The molecule has 1 atom stereocenters. The van der Waals surface area contributed by atoms with E-state index in [2.05, 4.69) is 4.99 Å². The molecule has 1 aliphatic carbocycles. The second-order valence-corrected chi connectivity index (χ2v) is 6.14. The Morgan fingerprint density at radius 3 is 2.48 bits per heavy atom. The summed E-state index contributed by atoms with van der Waals surface area (Å²) >= 11 is 0. The number of nitrogens with two attached hydrogens (primary N) is 1. The predicted octanol–water partition coefficient (Wildman–Crippen LogP) is 2.72. The van der Waals surface area contributed by atoms with Crippen molar-refractivity contribution >= 4 is 5.96 Å². The van der Waals surface area contributed by atoms with Crippen LogP contribution in [0, 0.1) is 0 Å². The van der Waals surface area contributed by atoms with Crippen LogP contribution in [-0.2, 0) is 6.18 Å². The van der Waals surface area contributed by atoms with E-state index >= 15 is 0 Å². The molecular formula is C16H23F3N4. The first-order valence-corrected chi connectivity index (χ1v) is 7.56. The molecule has 4 nitrogen and oxygen atoms in total. The second-order valence-electron chi connectivity index (χ2n) is 6.14. The van der Waals surface area contributed by atoms with Crippen LogP contribution in [0.2, 0.25) is 0 Å². The summed E-state index contributed by atoms with van der Waals surface area (Å²) in [5.74, 6) is 0.436. The van der Waals surface area contributed by atoms with Crippen molar-refractivity contribution in [2.45, 2.75) is 31.1 Å². The number of alkyl halides is 3. The van der Waals surface area contributed by atoms with Gasteiger partial charge in [-0.25, -0.2) is 0 Å². The minimum atomic E-state index is -4.35. The smallest absolute Gasteiger partial charge is 0.370 e. The van der Waals surface area contributed by atoms with Gasteiger partial charge in [-0.2, -0.15) is 13.2 Å². The van der Waals surface area contributed by atoms with Crippen LogP contribution in [-0.4, -0.2) is 49.5 Å². The van der Waals surface area contributed by atoms with Gasteiger partial charge in [-0.15, -0.1) is 0 Å². The second kappa shape index (κ2) is 6.78. The summed E-state index contributed by atoms with van der Waals surface area (Å²) in [6, 6.07) is 5.57. The zero-order chi connectivity index (χ0) is 17.2. The molecule has 128 valence electrons. The maximum Gasteiger partial charge on any atom is 0.416 e. The molecule has 0 unspecified atom stereocenters. The van der Waals surface area contributed by atoms with E-state index in [4.69, 9.17) is 5.73 Å². The fourth-order valence-corrected chi connectivity index (χ4v) is 2.43. The Hall–Kier alpha value is -1.76. The standard InChI is InChI=1S/C16H23F3N4/c1-22(2)14(10-21-15(20)23(3)13-7-8-13)11-5-4-6-12(9-11)16(17,18)19/h4-6,9,13-14H,7-8,10H2,1-3H3,(H2,20,21)/t14-/m0/s1. The third kappa shape index (κ3) is 4.60. The summed E-state index contributed by atoms with van der Waals surface area (Å²) in [5.41, 5.74) is 5.90. The third-order valence-corrected chi connectivity index (χ3v) is 4.10. The average Bonchev–Trinajstić information content (AvgIpc) is 3.30. The van der Waals surface area contributed by atoms with Gasteiger partial charge in [-0.3, -0.25) is 4.99 Å². The highest BCUT2D eigenvalue weighted by Gasteiger charge is 2.31. The van der Waals surface area contributed by atoms with E-state index in [9.17, 15) is 13.2 Å². The van der Waals surface area contributed by atoms with Crippen molar-refractivity contribution in [3.8, 4) is 0 Å². The van der Waals surface area contributed by atoms with Gasteiger partial charge in [0.2, 0.25) is 0 Å². The van der Waals surface area contributed by atoms with Crippen LogP contribution in [0.5, 0.6) is 0 Å². The number of aliphatic imine (C=N–C) groups is 1. The van der Waals surface area contributed by atoms with Crippen LogP contribution in [0.15, 0.2) is 29.3 Å². The van der Waals surface area contributed by atoms with Gasteiger partial charge in [-0.05, 0) is 44.6 Å². The summed E-state index contributed by atoms with van der Waals surface area (Å²) in [4.78, 5) is 8.15. The highest BCUT2D eigenvalue weighted by molar-refractivity contribution is 5.78. The summed E-state index contributed by atoms with van der Waals surface area (Å²) in [6.45, 7) is 0.317. The molecule has 1 fully saturated rings. The highest BCUT2D eigenvalue weighted by atomic mass is 19.4. The Bertz CT molecular complexity index is 565. The average molecular weight is 328 g/mol. The molecule has 0 aliphatic heterocycles. The number of guanidine groups is 1. The molecular weight excluding hydrogens is 305 g/mol. The van der Waals surface area contributed by atoms with Gasteiger partial charge in [0.1, 0.15) is 0 Å². The first-order chi connectivity index (χ1) is 10.7. The normalized spacial score (nSPS) is 17.4. The molecule has 0 radical (unpaired) electrons. The number of hydrogen-bond donors (Lipinski definition) is 1. The first kappa shape index (κ1) is 17.6. The fourth-order valence-electron chi connectivity index (χ4n) is 2.43. The van der Waals surface area contributed by atoms with Gasteiger partial charge in [0, 0.05) is 13.1 Å². The summed E-state index contributed by atoms with van der Waals surface area (Å²) in [5, 5.41) is 0. The van der Waals surface area contributed by atoms with E-state index in [1.54, 1.807) is 6.07 Å². The Morgan fingerprint density at radius 2 is 1.96 bits per heavy atom. The van der Waals surface area contributed by atoms with Crippen LogP contribution in [0.3, 0.4) is 0 Å². The summed E-state index contributed by atoms with van der Waals surface area (Å²) in [6.07, 6.45) is -2.13. The van der Waals surface area contributed by atoms with Gasteiger partial charge in [0.15, 0.2) is 5.96 Å². The molecule has 2 rings (SSSR count). The van der Waals surface area contributed by atoms with Crippen LogP contribution in [0.25, 0.3) is 0 Å². The molecule has 0 bridgehead atoms. The quantitative estimate of drug-likeness (QED) is 0.668. The largest absolute Gasteiger partial charge is 0.416 e. The van der Waals surface area contributed by atoms with Gasteiger partial charge in [0.05, 0.1) is 18.2 Å². The van der Waals surface area contributed by atoms with Crippen LogP contribution in [0.1, 0.15) is 30.0 Å². The fraction of sp³-hybridized carbons (Fsp3) is 0.562. The van der Waals surface area contributed by atoms with Crippen molar-refractivity contribution in [3.63, 3.8) is 0 Å². The molecule has 7 heteroatoms. The van der Waals surface area contributed by atoms with Crippen molar-refractivity contribution in [1.29, 1.82) is 0 Å². The monoisotopic (exact) mass is 328 g/mol. The lowest BCUT2D eigenvalue weighted by Gasteiger charge is -2.25. The van der Waals surface area contributed by atoms with Crippen molar-refractivity contribution in [1.82, 2.24) is 9.80 Å². The number of hydrogen-bond acceptors (Lipinski definition) is 2. The van der Waals surface area contributed by atoms with Crippen LogP contribution < -0.4 is 5.73 Å². The van der Waals surface area contributed by atoms with Gasteiger partial charge < -0.3 is 15.5 Å². The Kier molecular flexibility index (Phi) is 5.19. The molecule has 0 aromatic heterocycles. The molecule has 23 heavy (non-hydrogen) atoms. The third-order valence-electron chi connectivity index (χ3n) is 4.10. The Labute approximate surface area is 134 Å². The Morgan fingerprint density at radius 1 is 1.30 bits per heavy atom. The molecule has 0 heterocycles.